The number of amides is 3. The zero-order valence-corrected chi connectivity index (χ0v) is 13.0. The van der Waals surface area contributed by atoms with Crippen molar-refractivity contribution in [3.05, 3.63) is 0 Å². The molecular weight excluding hydrogens is 274 g/mol. The Morgan fingerprint density at radius 3 is 2.81 bits per heavy atom. The SMILES string of the molecule is CN(C)C(=O)N1CCCC(C(=O)NCCCOCCO)C1. The molecule has 1 aliphatic rings. The number of likely N-dealkylation sites (tertiary alicyclic amines) is 1. The lowest BCUT2D eigenvalue weighted by molar-refractivity contribution is -0.126. The number of piperidine rings is 1. The molecule has 0 saturated carbocycles. The molecule has 2 N–H and O–H groups in total. The molecule has 7 nitrogen and oxygen atoms in total. The van der Waals surface area contributed by atoms with Crippen molar-refractivity contribution in [2.45, 2.75) is 19.3 Å². The van der Waals surface area contributed by atoms with Crippen LogP contribution in [0.4, 0.5) is 4.79 Å². The second-order valence-electron chi connectivity index (χ2n) is 5.44. The lowest BCUT2D eigenvalue weighted by Gasteiger charge is -2.33. The minimum absolute atomic E-state index is 0.00779. The van der Waals surface area contributed by atoms with Crippen molar-refractivity contribution in [1.82, 2.24) is 15.1 Å². The number of ether oxygens (including phenoxy) is 1. The Kier molecular flexibility index (Phi) is 8.07. The first-order valence-corrected chi connectivity index (χ1v) is 7.48. The van der Waals surface area contributed by atoms with E-state index in [1.807, 2.05) is 0 Å². The molecule has 1 aliphatic heterocycles. The van der Waals surface area contributed by atoms with Gasteiger partial charge in [0.25, 0.3) is 0 Å². The third kappa shape index (κ3) is 6.31. The van der Waals surface area contributed by atoms with E-state index in [4.69, 9.17) is 9.84 Å². The topological polar surface area (TPSA) is 82.1 Å². The van der Waals surface area contributed by atoms with Gasteiger partial charge >= 0.3 is 6.03 Å². The van der Waals surface area contributed by atoms with E-state index in [1.165, 1.54) is 0 Å². The van der Waals surface area contributed by atoms with Crippen LogP contribution < -0.4 is 5.32 Å². The molecule has 1 atom stereocenters. The predicted octanol–water partition coefficient (Wildman–Crippen LogP) is -0.105. The van der Waals surface area contributed by atoms with E-state index in [0.717, 1.165) is 25.8 Å². The van der Waals surface area contributed by atoms with E-state index < -0.39 is 0 Å². The maximum absolute atomic E-state index is 12.1. The molecule has 1 heterocycles. The van der Waals surface area contributed by atoms with E-state index in [-0.39, 0.29) is 24.5 Å². The smallest absolute Gasteiger partial charge is 0.319 e. The summed E-state index contributed by atoms with van der Waals surface area (Å²) in [5.41, 5.74) is 0. The number of aliphatic hydroxyl groups is 1. The highest BCUT2D eigenvalue weighted by molar-refractivity contribution is 5.80. The van der Waals surface area contributed by atoms with Crippen LogP contribution in [0, 0.1) is 5.92 Å². The van der Waals surface area contributed by atoms with Crippen LogP contribution in [-0.2, 0) is 9.53 Å². The van der Waals surface area contributed by atoms with Crippen LogP contribution in [0.15, 0.2) is 0 Å². The molecule has 0 aromatic heterocycles. The normalized spacial score (nSPS) is 18.4. The van der Waals surface area contributed by atoms with Crippen LogP contribution in [0.1, 0.15) is 19.3 Å². The van der Waals surface area contributed by atoms with Crippen molar-refractivity contribution in [3.63, 3.8) is 0 Å². The Labute approximate surface area is 126 Å². The summed E-state index contributed by atoms with van der Waals surface area (Å²) in [6.45, 7) is 2.64. The lowest BCUT2D eigenvalue weighted by Crippen LogP contribution is -2.48. The number of hydrogen-bond donors (Lipinski definition) is 2. The first-order valence-electron chi connectivity index (χ1n) is 7.48. The molecular formula is C14H27N3O4. The largest absolute Gasteiger partial charge is 0.394 e. The Hall–Kier alpha value is -1.34. The number of nitrogens with one attached hydrogen (secondary N) is 1. The van der Waals surface area contributed by atoms with Crippen LogP contribution in [0.25, 0.3) is 0 Å². The number of aliphatic hydroxyl groups excluding tert-OH is 1. The molecule has 0 aromatic rings. The van der Waals surface area contributed by atoms with Gasteiger partial charge in [-0.3, -0.25) is 4.79 Å². The monoisotopic (exact) mass is 301 g/mol. The fraction of sp³-hybridized carbons (Fsp3) is 0.857. The van der Waals surface area contributed by atoms with Crippen LogP contribution in [0.2, 0.25) is 0 Å². The Bertz CT molecular complexity index is 336. The van der Waals surface area contributed by atoms with Crippen molar-refractivity contribution >= 4 is 11.9 Å². The van der Waals surface area contributed by atoms with Crippen molar-refractivity contribution < 1.29 is 19.4 Å². The molecule has 1 fully saturated rings. The number of carbonyl (C=O) groups is 2. The quantitative estimate of drug-likeness (QED) is 0.643. The summed E-state index contributed by atoms with van der Waals surface area (Å²) in [6.07, 6.45) is 2.40. The zero-order chi connectivity index (χ0) is 15.7. The van der Waals surface area contributed by atoms with Crippen molar-refractivity contribution in [3.8, 4) is 0 Å². The highest BCUT2D eigenvalue weighted by Gasteiger charge is 2.28. The molecule has 0 aromatic carbocycles. The Balaban J connectivity index is 2.25. The summed E-state index contributed by atoms with van der Waals surface area (Å²) in [5, 5.41) is 11.4. The molecule has 1 saturated heterocycles. The maximum Gasteiger partial charge on any atom is 0.319 e. The van der Waals surface area contributed by atoms with Crippen LogP contribution >= 0.6 is 0 Å². The highest BCUT2D eigenvalue weighted by Crippen LogP contribution is 2.17. The number of hydrogen-bond acceptors (Lipinski definition) is 4. The van der Waals surface area contributed by atoms with E-state index in [9.17, 15) is 9.59 Å². The third-order valence-electron chi connectivity index (χ3n) is 3.45. The van der Waals surface area contributed by atoms with Gasteiger partial charge < -0.3 is 25.0 Å². The van der Waals surface area contributed by atoms with Gasteiger partial charge in [0.05, 0.1) is 19.1 Å². The molecule has 1 rings (SSSR count). The number of urea groups is 1. The molecule has 0 bridgehead atoms. The molecule has 0 aliphatic carbocycles. The maximum atomic E-state index is 12.1. The average molecular weight is 301 g/mol. The average Bonchev–Trinajstić information content (AvgIpc) is 2.49. The Morgan fingerprint density at radius 1 is 1.38 bits per heavy atom. The predicted molar refractivity (Wildman–Crippen MR) is 78.9 cm³/mol. The number of carbonyl (C=O) groups excluding carboxylic acids is 2. The van der Waals surface area contributed by atoms with Gasteiger partial charge in [-0.15, -0.1) is 0 Å². The molecule has 0 spiro atoms. The molecule has 1 unspecified atom stereocenters. The van der Waals surface area contributed by atoms with Crippen LogP contribution in [-0.4, -0.2) is 80.4 Å². The fourth-order valence-electron chi connectivity index (χ4n) is 2.34. The molecule has 7 heteroatoms. The molecule has 3 amide bonds. The lowest BCUT2D eigenvalue weighted by atomic mass is 9.97. The van der Waals surface area contributed by atoms with Gasteiger partial charge in [-0.05, 0) is 19.3 Å². The van der Waals surface area contributed by atoms with Crippen LogP contribution in [0.3, 0.4) is 0 Å². The number of nitrogens with zero attached hydrogens (tertiary/aromatic N) is 2. The summed E-state index contributed by atoms with van der Waals surface area (Å²) in [4.78, 5) is 27.3. The number of rotatable bonds is 7. The minimum Gasteiger partial charge on any atom is -0.394 e. The standard InChI is InChI=1S/C14H27N3O4/c1-16(2)14(20)17-7-3-5-12(11-17)13(19)15-6-4-9-21-10-8-18/h12,18H,3-11H2,1-2H3,(H,15,19). The first-order chi connectivity index (χ1) is 10.1. The van der Waals surface area contributed by atoms with E-state index in [0.29, 0.717) is 26.3 Å². The summed E-state index contributed by atoms with van der Waals surface area (Å²) >= 11 is 0. The zero-order valence-electron chi connectivity index (χ0n) is 13.0. The van der Waals surface area contributed by atoms with Gasteiger partial charge in [0.15, 0.2) is 0 Å². The van der Waals surface area contributed by atoms with Crippen molar-refractivity contribution in [2.75, 3.05) is 53.6 Å². The highest BCUT2D eigenvalue weighted by atomic mass is 16.5. The van der Waals surface area contributed by atoms with E-state index >= 15 is 0 Å². The van der Waals surface area contributed by atoms with Gasteiger partial charge in [-0.25, -0.2) is 4.79 Å². The molecule has 21 heavy (non-hydrogen) atoms. The first kappa shape index (κ1) is 17.7. The summed E-state index contributed by atoms with van der Waals surface area (Å²) in [5.74, 6) is -0.116. The summed E-state index contributed by atoms with van der Waals surface area (Å²) in [7, 11) is 3.44. The second-order valence-corrected chi connectivity index (χ2v) is 5.44. The van der Waals surface area contributed by atoms with Crippen molar-refractivity contribution in [2.24, 2.45) is 5.92 Å². The fourth-order valence-corrected chi connectivity index (χ4v) is 2.34. The summed E-state index contributed by atoms with van der Waals surface area (Å²) < 4.78 is 5.13. The van der Waals surface area contributed by atoms with Gasteiger partial charge in [-0.2, -0.15) is 0 Å². The van der Waals surface area contributed by atoms with Crippen molar-refractivity contribution in [1.29, 1.82) is 0 Å². The molecule has 122 valence electrons. The van der Waals surface area contributed by atoms with Gasteiger partial charge in [-0.1, -0.05) is 0 Å². The van der Waals surface area contributed by atoms with Gasteiger partial charge in [0.1, 0.15) is 0 Å². The second kappa shape index (κ2) is 9.57. The minimum atomic E-state index is -0.124. The van der Waals surface area contributed by atoms with E-state index in [1.54, 1.807) is 23.9 Å². The Morgan fingerprint density at radius 2 is 2.14 bits per heavy atom. The van der Waals surface area contributed by atoms with E-state index in [2.05, 4.69) is 5.32 Å². The third-order valence-corrected chi connectivity index (χ3v) is 3.45. The van der Waals surface area contributed by atoms with Gasteiger partial charge in [0, 0.05) is 40.3 Å². The summed E-state index contributed by atoms with van der Waals surface area (Å²) in [6, 6.07) is -0.0371. The van der Waals surface area contributed by atoms with Crippen LogP contribution in [0.5, 0.6) is 0 Å². The molecule has 0 radical (unpaired) electrons. The van der Waals surface area contributed by atoms with Gasteiger partial charge in [0.2, 0.25) is 5.91 Å².